The van der Waals surface area contributed by atoms with Crippen LogP contribution in [0.5, 0.6) is 0 Å². The fraction of sp³-hybridized carbons (Fsp3) is 0.250. The van der Waals surface area contributed by atoms with Crippen LogP contribution in [0.1, 0.15) is 12.0 Å². The molecule has 1 unspecified atom stereocenters. The van der Waals surface area contributed by atoms with Crippen LogP contribution in [0, 0.1) is 0 Å². The molecule has 0 amide bonds. The average molecular weight is 295 g/mol. The maximum absolute atomic E-state index is 10.2. The Morgan fingerprint density at radius 1 is 1.05 bits per heavy atom. The van der Waals surface area contributed by atoms with Crippen molar-refractivity contribution in [2.45, 2.75) is 25.5 Å². The molecule has 0 fully saturated rings. The molecule has 0 spiro atoms. The molecule has 0 radical (unpaired) electrons. The van der Waals surface area contributed by atoms with Gasteiger partial charge in [0.25, 0.3) is 0 Å². The van der Waals surface area contributed by atoms with Gasteiger partial charge in [-0.2, -0.15) is 0 Å². The first-order valence-electron chi connectivity index (χ1n) is 7.22. The molecule has 0 bridgehead atoms. The normalized spacial score (nSPS) is 12.2. The van der Waals surface area contributed by atoms with Crippen LogP contribution < -0.4 is 0 Å². The summed E-state index contributed by atoms with van der Waals surface area (Å²) < 4.78 is 1.60. The van der Waals surface area contributed by atoms with E-state index in [1.54, 1.807) is 10.9 Å². The quantitative estimate of drug-likeness (QED) is 0.749. The smallest absolute Gasteiger partial charge is 0.200 e. The minimum atomic E-state index is -0.508. The number of aryl methyl sites for hydroxylation is 1. The first-order chi connectivity index (χ1) is 10.8. The third kappa shape index (κ3) is 3.53. The molecule has 0 aliphatic rings. The number of pyridine rings is 1. The largest absolute Gasteiger partial charge is 0.391 e. The molecule has 1 aromatic carbocycles. The van der Waals surface area contributed by atoms with E-state index >= 15 is 0 Å². The van der Waals surface area contributed by atoms with Gasteiger partial charge < -0.3 is 5.11 Å². The summed E-state index contributed by atoms with van der Waals surface area (Å²) >= 11 is 0. The van der Waals surface area contributed by atoms with Gasteiger partial charge in [-0.05, 0) is 41.0 Å². The van der Waals surface area contributed by atoms with Gasteiger partial charge in [-0.15, -0.1) is 5.10 Å². The highest BCUT2D eigenvalue weighted by Gasteiger charge is 2.13. The number of nitrogens with zero attached hydrogens (tertiary/aromatic N) is 5. The van der Waals surface area contributed by atoms with E-state index in [1.807, 2.05) is 36.4 Å². The minimum absolute atomic E-state index is 0.353. The minimum Gasteiger partial charge on any atom is -0.391 e. The van der Waals surface area contributed by atoms with E-state index in [-0.39, 0.29) is 0 Å². The van der Waals surface area contributed by atoms with Crippen molar-refractivity contribution >= 4 is 0 Å². The van der Waals surface area contributed by atoms with Crippen molar-refractivity contribution in [2.75, 3.05) is 0 Å². The van der Waals surface area contributed by atoms with E-state index in [4.69, 9.17) is 0 Å². The predicted octanol–water partition coefficient (Wildman–Crippen LogP) is 1.73. The highest BCUT2D eigenvalue weighted by atomic mass is 16.3. The molecule has 1 atom stereocenters. The molecule has 0 aliphatic carbocycles. The van der Waals surface area contributed by atoms with E-state index in [0.29, 0.717) is 24.5 Å². The van der Waals surface area contributed by atoms with Gasteiger partial charge in [-0.1, -0.05) is 36.4 Å². The lowest BCUT2D eigenvalue weighted by Gasteiger charge is -2.11. The van der Waals surface area contributed by atoms with Gasteiger partial charge in [0.05, 0.1) is 12.6 Å². The molecule has 22 heavy (non-hydrogen) atoms. The van der Waals surface area contributed by atoms with Gasteiger partial charge >= 0.3 is 0 Å². The molecule has 1 N–H and O–H groups in total. The molecule has 6 nitrogen and oxygen atoms in total. The maximum atomic E-state index is 10.2. The third-order valence-corrected chi connectivity index (χ3v) is 3.42. The lowest BCUT2D eigenvalue weighted by molar-refractivity contribution is 0.140. The van der Waals surface area contributed by atoms with Crippen LogP contribution in [0.15, 0.2) is 54.7 Å². The molecule has 2 heterocycles. The van der Waals surface area contributed by atoms with Crippen LogP contribution in [-0.4, -0.2) is 36.4 Å². The number of aliphatic hydroxyl groups is 1. The Hall–Kier alpha value is -2.60. The summed E-state index contributed by atoms with van der Waals surface area (Å²) in [6.45, 7) is 0.353. The molecular formula is C16H17N5O. The van der Waals surface area contributed by atoms with Crippen LogP contribution in [-0.2, 0) is 13.0 Å². The van der Waals surface area contributed by atoms with Gasteiger partial charge in [-0.25, -0.2) is 4.68 Å². The van der Waals surface area contributed by atoms with Crippen molar-refractivity contribution in [3.63, 3.8) is 0 Å². The highest BCUT2D eigenvalue weighted by Crippen LogP contribution is 2.13. The number of aromatic nitrogens is 5. The second kappa shape index (κ2) is 6.91. The van der Waals surface area contributed by atoms with Crippen molar-refractivity contribution in [1.29, 1.82) is 0 Å². The van der Waals surface area contributed by atoms with Crippen LogP contribution in [0.25, 0.3) is 11.5 Å². The molecular weight excluding hydrogens is 278 g/mol. The standard InChI is InChI=1S/C16H17N5O/c22-14(10-9-13-6-2-1-3-7-13)12-21-16(18-19-20-21)15-8-4-5-11-17-15/h1-8,11,14,22H,9-10,12H2. The Balaban J connectivity index is 1.63. The summed E-state index contributed by atoms with van der Waals surface area (Å²) in [5.74, 6) is 0.569. The van der Waals surface area contributed by atoms with E-state index < -0.39 is 6.10 Å². The highest BCUT2D eigenvalue weighted by molar-refractivity contribution is 5.47. The predicted molar refractivity (Wildman–Crippen MR) is 81.8 cm³/mol. The summed E-state index contributed by atoms with van der Waals surface area (Å²) in [5, 5.41) is 21.8. The van der Waals surface area contributed by atoms with E-state index in [0.717, 1.165) is 6.42 Å². The Morgan fingerprint density at radius 2 is 1.86 bits per heavy atom. The van der Waals surface area contributed by atoms with E-state index in [2.05, 4.69) is 32.6 Å². The Bertz CT molecular complexity index is 699. The Kier molecular flexibility index (Phi) is 4.50. The maximum Gasteiger partial charge on any atom is 0.200 e. The van der Waals surface area contributed by atoms with Gasteiger partial charge in [0.1, 0.15) is 5.69 Å². The molecule has 2 aromatic heterocycles. The zero-order valence-corrected chi connectivity index (χ0v) is 12.1. The number of hydrogen-bond acceptors (Lipinski definition) is 5. The molecule has 0 aliphatic heterocycles. The van der Waals surface area contributed by atoms with Gasteiger partial charge in [0.2, 0.25) is 5.82 Å². The van der Waals surface area contributed by atoms with E-state index in [1.165, 1.54) is 5.56 Å². The lowest BCUT2D eigenvalue weighted by atomic mass is 10.1. The third-order valence-electron chi connectivity index (χ3n) is 3.42. The van der Waals surface area contributed by atoms with Gasteiger partial charge in [0.15, 0.2) is 0 Å². The van der Waals surface area contributed by atoms with Crippen LogP contribution in [0.2, 0.25) is 0 Å². The van der Waals surface area contributed by atoms with Crippen molar-refractivity contribution in [1.82, 2.24) is 25.2 Å². The van der Waals surface area contributed by atoms with Crippen molar-refractivity contribution < 1.29 is 5.11 Å². The van der Waals surface area contributed by atoms with Gasteiger partial charge in [0, 0.05) is 6.20 Å². The Morgan fingerprint density at radius 3 is 2.64 bits per heavy atom. The monoisotopic (exact) mass is 295 g/mol. The molecule has 3 aromatic rings. The zero-order chi connectivity index (χ0) is 15.2. The first kappa shape index (κ1) is 14.3. The number of tetrazole rings is 1. The summed E-state index contributed by atoms with van der Waals surface area (Å²) in [6, 6.07) is 15.7. The summed E-state index contributed by atoms with van der Waals surface area (Å²) in [5.41, 5.74) is 1.91. The van der Waals surface area contributed by atoms with E-state index in [9.17, 15) is 5.11 Å². The summed E-state index contributed by atoms with van der Waals surface area (Å²) in [4.78, 5) is 4.24. The SMILES string of the molecule is OC(CCc1ccccc1)Cn1nnnc1-c1ccccn1. The van der Waals surface area contributed by atoms with Crippen LogP contribution in [0.4, 0.5) is 0 Å². The number of hydrogen-bond donors (Lipinski definition) is 1. The lowest BCUT2D eigenvalue weighted by Crippen LogP contribution is -2.18. The summed E-state index contributed by atoms with van der Waals surface area (Å²) in [6.07, 6.45) is 2.67. The second-order valence-electron chi connectivity index (χ2n) is 5.08. The van der Waals surface area contributed by atoms with Crippen LogP contribution >= 0.6 is 0 Å². The first-order valence-corrected chi connectivity index (χ1v) is 7.22. The van der Waals surface area contributed by atoms with Crippen LogP contribution in [0.3, 0.4) is 0 Å². The molecule has 0 saturated carbocycles. The molecule has 0 saturated heterocycles. The zero-order valence-electron chi connectivity index (χ0n) is 12.1. The fourth-order valence-electron chi connectivity index (χ4n) is 2.27. The Labute approximate surface area is 128 Å². The second-order valence-corrected chi connectivity index (χ2v) is 5.08. The molecule has 6 heteroatoms. The van der Waals surface area contributed by atoms with Crippen molar-refractivity contribution in [2.24, 2.45) is 0 Å². The summed E-state index contributed by atoms with van der Waals surface area (Å²) in [7, 11) is 0. The van der Waals surface area contributed by atoms with Gasteiger partial charge in [-0.3, -0.25) is 4.98 Å². The van der Waals surface area contributed by atoms with Crippen molar-refractivity contribution in [3.05, 3.63) is 60.3 Å². The number of aliphatic hydroxyl groups excluding tert-OH is 1. The topological polar surface area (TPSA) is 76.7 Å². The molecule has 3 rings (SSSR count). The number of rotatable bonds is 6. The number of benzene rings is 1. The van der Waals surface area contributed by atoms with Crippen molar-refractivity contribution in [3.8, 4) is 11.5 Å². The fourth-order valence-corrected chi connectivity index (χ4v) is 2.27. The average Bonchev–Trinajstić information content (AvgIpc) is 3.03. The molecule has 112 valence electrons.